The second-order valence-corrected chi connectivity index (χ2v) is 7.95. The van der Waals surface area contributed by atoms with Gasteiger partial charge in [-0.05, 0) is 37.8 Å². The molecule has 2 aromatic rings. The molecular formula is C22H28N4O2. The van der Waals surface area contributed by atoms with E-state index in [0.717, 1.165) is 50.2 Å². The first-order chi connectivity index (χ1) is 13.6. The van der Waals surface area contributed by atoms with Crippen LogP contribution in [0.3, 0.4) is 0 Å². The molecule has 1 aromatic heterocycles. The Kier molecular flexibility index (Phi) is 5.46. The molecule has 148 valence electrons. The Morgan fingerprint density at radius 3 is 2.64 bits per heavy atom. The Hall–Kier alpha value is -2.63. The quantitative estimate of drug-likeness (QED) is 0.867. The van der Waals surface area contributed by atoms with Gasteiger partial charge in [-0.1, -0.05) is 30.3 Å². The second-order valence-electron chi connectivity index (χ2n) is 7.95. The van der Waals surface area contributed by atoms with Gasteiger partial charge in [-0.15, -0.1) is 0 Å². The monoisotopic (exact) mass is 380 g/mol. The van der Waals surface area contributed by atoms with Crippen molar-refractivity contribution in [2.45, 2.75) is 51.0 Å². The van der Waals surface area contributed by atoms with Crippen molar-refractivity contribution in [3.63, 3.8) is 0 Å². The van der Waals surface area contributed by atoms with Crippen molar-refractivity contribution in [1.82, 2.24) is 20.0 Å². The standard InChI is InChI=1S/C22H28N4O2/c1-16(26-11-5-8-21(26)27)22(28)25-12-9-18(10-13-25)20-15-19(23-24-20)14-17-6-3-2-4-7-17/h2-4,6-7,15-16,18H,5,8-14H2,1H3,(H,23,24)/t16-/m0/s1. The van der Waals surface area contributed by atoms with Crippen LogP contribution in [0.15, 0.2) is 36.4 Å². The van der Waals surface area contributed by atoms with Gasteiger partial charge >= 0.3 is 0 Å². The van der Waals surface area contributed by atoms with E-state index in [-0.39, 0.29) is 17.9 Å². The average Bonchev–Trinajstić information content (AvgIpc) is 3.37. The van der Waals surface area contributed by atoms with Gasteiger partial charge in [-0.25, -0.2) is 0 Å². The zero-order chi connectivity index (χ0) is 19.5. The van der Waals surface area contributed by atoms with E-state index in [9.17, 15) is 9.59 Å². The van der Waals surface area contributed by atoms with Crippen LogP contribution in [0.25, 0.3) is 0 Å². The van der Waals surface area contributed by atoms with Gasteiger partial charge in [0.15, 0.2) is 0 Å². The lowest BCUT2D eigenvalue weighted by molar-refractivity contribution is -0.143. The molecule has 3 heterocycles. The van der Waals surface area contributed by atoms with Crippen molar-refractivity contribution in [2.75, 3.05) is 19.6 Å². The first-order valence-corrected chi connectivity index (χ1v) is 10.3. The number of aromatic nitrogens is 2. The molecule has 2 aliphatic rings. The Morgan fingerprint density at radius 1 is 1.21 bits per heavy atom. The summed E-state index contributed by atoms with van der Waals surface area (Å²) in [4.78, 5) is 28.4. The fourth-order valence-electron chi connectivity index (χ4n) is 4.37. The third-order valence-corrected chi connectivity index (χ3v) is 6.05. The second kappa shape index (κ2) is 8.17. The SMILES string of the molecule is C[C@@H](C(=O)N1CCC(c2cc(Cc3ccccc3)[nH]n2)CC1)N1CCCC1=O. The lowest BCUT2D eigenvalue weighted by Gasteiger charge is -2.35. The lowest BCUT2D eigenvalue weighted by atomic mass is 9.93. The number of H-pyrrole nitrogens is 1. The highest BCUT2D eigenvalue weighted by Gasteiger charge is 2.34. The van der Waals surface area contributed by atoms with Gasteiger partial charge in [0.2, 0.25) is 11.8 Å². The van der Waals surface area contributed by atoms with E-state index in [1.54, 1.807) is 4.90 Å². The van der Waals surface area contributed by atoms with Crippen molar-refractivity contribution in [2.24, 2.45) is 0 Å². The van der Waals surface area contributed by atoms with Gasteiger partial charge in [0.05, 0.1) is 5.69 Å². The first kappa shape index (κ1) is 18.7. The van der Waals surface area contributed by atoms with Crippen molar-refractivity contribution in [1.29, 1.82) is 0 Å². The number of likely N-dealkylation sites (tertiary alicyclic amines) is 2. The molecule has 2 amide bonds. The van der Waals surface area contributed by atoms with Crippen molar-refractivity contribution in [3.8, 4) is 0 Å². The van der Waals surface area contributed by atoms with Gasteiger partial charge in [0.25, 0.3) is 0 Å². The molecule has 4 rings (SSSR count). The maximum atomic E-state index is 12.8. The number of amides is 2. The number of carbonyl (C=O) groups excluding carboxylic acids is 2. The summed E-state index contributed by atoms with van der Waals surface area (Å²) < 4.78 is 0. The maximum Gasteiger partial charge on any atom is 0.245 e. The highest BCUT2D eigenvalue weighted by molar-refractivity contribution is 5.88. The Morgan fingerprint density at radius 2 is 1.96 bits per heavy atom. The molecule has 1 atom stereocenters. The number of rotatable bonds is 5. The Balaban J connectivity index is 1.32. The number of hydrogen-bond acceptors (Lipinski definition) is 3. The van der Waals surface area contributed by atoms with Crippen LogP contribution in [0.5, 0.6) is 0 Å². The summed E-state index contributed by atoms with van der Waals surface area (Å²) in [6, 6.07) is 12.2. The zero-order valence-corrected chi connectivity index (χ0v) is 16.4. The molecule has 6 heteroatoms. The Labute approximate surface area is 165 Å². The number of carbonyl (C=O) groups is 2. The molecule has 0 bridgehead atoms. The minimum atomic E-state index is -0.339. The van der Waals surface area contributed by atoms with Crippen molar-refractivity contribution < 1.29 is 9.59 Å². The largest absolute Gasteiger partial charge is 0.341 e. The van der Waals surface area contributed by atoms with E-state index in [1.807, 2.05) is 17.9 Å². The summed E-state index contributed by atoms with van der Waals surface area (Å²) in [5.74, 6) is 0.576. The van der Waals surface area contributed by atoms with E-state index >= 15 is 0 Å². The molecule has 1 N–H and O–H groups in total. The van der Waals surface area contributed by atoms with Crippen LogP contribution < -0.4 is 0 Å². The predicted octanol–water partition coefficient (Wildman–Crippen LogP) is 2.72. The van der Waals surface area contributed by atoms with E-state index in [0.29, 0.717) is 18.9 Å². The number of benzene rings is 1. The highest BCUT2D eigenvalue weighted by atomic mass is 16.2. The fourth-order valence-corrected chi connectivity index (χ4v) is 4.37. The van der Waals surface area contributed by atoms with E-state index in [1.165, 1.54) is 5.56 Å². The highest BCUT2D eigenvalue weighted by Crippen LogP contribution is 2.28. The molecule has 2 aliphatic heterocycles. The molecule has 2 saturated heterocycles. The topological polar surface area (TPSA) is 69.3 Å². The third kappa shape index (κ3) is 3.96. The number of piperidine rings is 1. The fraction of sp³-hybridized carbons (Fsp3) is 0.500. The summed E-state index contributed by atoms with van der Waals surface area (Å²) in [5, 5.41) is 7.70. The molecule has 1 aromatic carbocycles. The predicted molar refractivity (Wildman–Crippen MR) is 107 cm³/mol. The van der Waals surface area contributed by atoms with Gasteiger partial charge < -0.3 is 9.80 Å². The van der Waals surface area contributed by atoms with Crippen molar-refractivity contribution >= 4 is 11.8 Å². The van der Waals surface area contributed by atoms with Crippen LogP contribution in [0, 0.1) is 0 Å². The number of aromatic amines is 1. The van der Waals surface area contributed by atoms with Crippen LogP contribution in [0.1, 0.15) is 55.5 Å². The third-order valence-electron chi connectivity index (χ3n) is 6.05. The number of nitrogens with zero attached hydrogens (tertiary/aromatic N) is 3. The first-order valence-electron chi connectivity index (χ1n) is 10.3. The molecular weight excluding hydrogens is 352 g/mol. The van der Waals surface area contributed by atoms with E-state index < -0.39 is 0 Å². The van der Waals surface area contributed by atoms with E-state index in [2.05, 4.69) is 40.5 Å². The lowest BCUT2D eigenvalue weighted by Crippen LogP contribution is -2.49. The van der Waals surface area contributed by atoms with Crippen LogP contribution >= 0.6 is 0 Å². The van der Waals surface area contributed by atoms with Crippen LogP contribution in [0.2, 0.25) is 0 Å². The smallest absolute Gasteiger partial charge is 0.245 e. The number of hydrogen-bond donors (Lipinski definition) is 1. The molecule has 0 radical (unpaired) electrons. The van der Waals surface area contributed by atoms with Gasteiger partial charge in [-0.2, -0.15) is 5.10 Å². The zero-order valence-electron chi connectivity index (χ0n) is 16.4. The molecule has 0 saturated carbocycles. The summed E-state index contributed by atoms with van der Waals surface area (Å²) in [6.07, 6.45) is 4.13. The summed E-state index contributed by atoms with van der Waals surface area (Å²) in [7, 11) is 0. The molecule has 0 unspecified atom stereocenters. The summed E-state index contributed by atoms with van der Waals surface area (Å²) >= 11 is 0. The van der Waals surface area contributed by atoms with Crippen molar-refractivity contribution in [3.05, 3.63) is 53.3 Å². The average molecular weight is 380 g/mol. The normalized spacial score (nSPS) is 19.2. The summed E-state index contributed by atoms with van der Waals surface area (Å²) in [6.45, 7) is 4.04. The summed E-state index contributed by atoms with van der Waals surface area (Å²) in [5.41, 5.74) is 3.49. The van der Waals surface area contributed by atoms with Crippen LogP contribution in [0.4, 0.5) is 0 Å². The van der Waals surface area contributed by atoms with Crippen LogP contribution in [-0.2, 0) is 16.0 Å². The van der Waals surface area contributed by atoms with E-state index in [4.69, 9.17) is 0 Å². The molecule has 2 fully saturated rings. The van der Waals surface area contributed by atoms with Crippen LogP contribution in [-0.4, -0.2) is 57.5 Å². The minimum absolute atomic E-state index is 0.0838. The maximum absolute atomic E-state index is 12.8. The number of nitrogens with one attached hydrogen (secondary N) is 1. The molecule has 0 aliphatic carbocycles. The Bertz CT molecular complexity index is 824. The minimum Gasteiger partial charge on any atom is -0.341 e. The molecule has 0 spiro atoms. The molecule has 28 heavy (non-hydrogen) atoms. The molecule has 6 nitrogen and oxygen atoms in total. The van der Waals surface area contributed by atoms with Gasteiger partial charge in [-0.3, -0.25) is 14.7 Å². The van der Waals surface area contributed by atoms with Gasteiger partial charge in [0, 0.05) is 44.1 Å². The van der Waals surface area contributed by atoms with Gasteiger partial charge in [0.1, 0.15) is 6.04 Å².